The number of hydrogen-bond acceptors (Lipinski definition) is 2. The Labute approximate surface area is 87.2 Å². The summed E-state index contributed by atoms with van der Waals surface area (Å²) in [7, 11) is 0. The van der Waals surface area contributed by atoms with Crippen LogP contribution in [0.15, 0.2) is 0 Å². The number of aliphatic hydroxyl groups excluding tert-OH is 1. The van der Waals surface area contributed by atoms with Gasteiger partial charge in [0.15, 0.2) is 0 Å². The Morgan fingerprint density at radius 2 is 1.50 bits per heavy atom. The van der Waals surface area contributed by atoms with Gasteiger partial charge in [-0.2, -0.15) is 26.3 Å². The lowest BCUT2D eigenvalue weighted by atomic mass is 10.2. The molecule has 0 heterocycles. The minimum atomic E-state index is -5.51. The van der Waals surface area contributed by atoms with Gasteiger partial charge in [-0.15, -0.1) is 0 Å². The molecule has 0 saturated heterocycles. The zero-order valence-corrected chi connectivity index (χ0v) is 7.98. The fourth-order valence-electron chi connectivity index (χ4n) is 1.58. The van der Waals surface area contributed by atoms with E-state index >= 15 is 0 Å². The molecule has 1 saturated carbocycles. The van der Waals surface area contributed by atoms with Crippen LogP contribution in [0.2, 0.25) is 0 Å². The van der Waals surface area contributed by atoms with E-state index in [-0.39, 0.29) is 12.8 Å². The highest BCUT2D eigenvalue weighted by molar-refractivity contribution is 4.83. The van der Waals surface area contributed by atoms with E-state index in [9.17, 15) is 26.3 Å². The van der Waals surface area contributed by atoms with Crippen LogP contribution in [0.25, 0.3) is 0 Å². The van der Waals surface area contributed by atoms with Crippen molar-refractivity contribution in [3.63, 3.8) is 0 Å². The minimum Gasteiger partial charge on any atom is -0.390 e. The van der Waals surface area contributed by atoms with Crippen LogP contribution in [-0.4, -0.2) is 35.8 Å². The van der Waals surface area contributed by atoms with Gasteiger partial charge in [0.25, 0.3) is 0 Å². The van der Waals surface area contributed by atoms with Gasteiger partial charge in [0.2, 0.25) is 6.10 Å². The van der Waals surface area contributed by atoms with Crippen LogP contribution < -0.4 is 0 Å². The van der Waals surface area contributed by atoms with Gasteiger partial charge in [-0.1, -0.05) is 0 Å². The zero-order chi connectivity index (χ0) is 12.6. The van der Waals surface area contributed by atoms with Crippen molar-refractivity contribution in [2.75, 3.05) is 0 Å². The predicted octanol–water partition coefficient (Wildman–Crippen LogP) is 2.41. The molecule has 2 atom stereocenters. The average Bonchev–Trinajstić information content (AvgIpc) is 2.42. The summed E-state index contributed by atoms with van der Waals surface area (Å²) in [6.45, 7) is 0. The molecule has 2 nitrogen and oxygen atoms in total. The largest absolute Gasteiger partial charge is 0.423 e. The van der Waals surface area contributed by atoms with Gasteiger partial charge in [0.05, 0.1) is 12.2 Å². The molecule has 16 heavy (non-hydrogen) atoms. The summed E-state index contributed by atoms with van der Waals surface area (Å²) in [6.07, 6.45) is -17.0. The van der Waals surface area contributed by atoms with Crippen molar-refractivity contribution in [2.45, 2.75) is 49.9 Å². The molecule has 1 aliphatic rings. The molecule has 2 unspecified atom stereocenters. The summed E-state index contributed by atoms with van der Waals surface area (Å²) >= 11 is 0. The van der Waals surface area contributed by atoms with Gasteiger partial charge in [-0.05, 0) is 19.3 Å². The van der Waals surface area contributed by atoms with Gasteiger partial charge >= 0.3 is 12.4 Å². The molecule has 0 aromatic heterocycles. The molecule has 0 radical (unpaired) electrons. The Hall–Kier alpha value is -0.500. The van der Waals surface area contributed by atoms with Crippen molar-refractivity contribution in [1.82, 2.24) is 0 Å². The number of alkyl halides is 6. The topological polar surface area (TPSA) is 29.5 Å². The number of aliphatic hydroxyl groups is 1. The lowest BCUT2D eigenvalue weighted by molar-refractivity contribution is -0.334. The van der Waals surface area contributed by atoms with E-state index in [4.69, 9.17) is 5.11 Å². The van der Waals surface area contributed by atoms with E-state index in [1.54, 1.807) is 0 Å². The van der Waals surface area contributed by atoms with Gasteiger partial charge < -0.3 is 9.84 Å². The quantitative estimate of drug-likeness (QED) is 0.765. The Bertz CT molecular complexity index is 222. The van der Waals surface area contributed by atoms with E-state index in [0.29, 0.717) is 6.42 Å². The van der Waals surface area contributed by atoms with Crippen LogP contribution >= 0.6 is 0 Å². The summed E-state index contributed by atoms with van der Waals surface area (Å²) < 4.78 is 76.4. The van der Waals surface area contributed by atoms with Crippen molar-refractivity contribution in [3.05, 3.63) is 0 Å². The molecule has 1 fully saturated rings. The first-order chi connectivity index (χ1) is 7.12. The maximum Gasteiger partial charge on any atom is 0.423 e. The molecule has 0 spiro atoms. The van der Waals surface area contributed by atoms with Crippen LogP contribution in [0.5, 0.6) is 0 Å². The van der Waals surface area contributed by atoms with E-state index in [1.165, 1.54) is 0 Å². The lowest BCUT2D eigenvalue weighted by Crippen LogP contribution is -2.47. The second kappa shape index (κ2) is 4.40. The predicted molar refractivity (Wildman–Crippen MR) is 40.6 cm³/mol. The van der Waals surface area contributed by atoms with Crippen molar-refractivity contribution in [1.29, 1.82) is 0 Å². The molecular weight excluding hydrogens is 242 g/mol. The summed E-state index contributed by atoms with van der Waals surface area (Å²) in [6, 6.07) is 0. The molecule has 1 rings (SSSR count). The van der Waals surface area contributed by atoms with Gasteiger partial charge in [0.1, 0.15) is 0 Å². The Kier molecular flexibility index (Phi) is 3.73. The van der Waals surface area contributed by atoms with Gasteiger partial charge in [0, 0.05) is 0 Å². The third-order valence-corrected chi connectivity index (χ3v) is 2.32. The molecule has 0 aliphatic heterocycles. The van der Waals surface area contributed by atoms with Crippen LogP contribution in [0, 0.1) is 0 Å². The third kappa shape index (κ3) is 3.24. The van der Waals surface area contributed by atoms with E-state index in [0.717, 1.165) is 0 Å². The fourth-order valence-corrected chi connectivity index (χ4v) is 1.58. The SMILES string of the molecule is OC1CCCC1OC(C(F)(F)F)C(F)(F)F. The van der Waals surface area contributed by atoms with Crippen molar-refractivity contribution in [2.24, 2.45) is 0 Å². The minimum absolute atomic E-state index is 0.00380. The second-order valence-corrected chi connectivity index (χ2v) is 3.64. The monoisotopic (exact) mass is 252 g/mol. The molecule has 0 bridgehead atoms. The molecule has 0 aromatic rings. The van der Waals surface area contributed by atoms with Crippen LogP contribution in [-0.2, 0) is 4.74 Å². The number of halogens is 6. The van der Waals surface area contributed by atoms with E-state index < -0.39 is 30.7 Å². The number of ether oxygens (including phenoxy) is 1. The molecule has 96 valence electrons. The van der Waals surface area contributed by atoms with Crippen LogP contribution in [0.4, 0.5) is 26.3 Å². The molecule has 0 aromatic carbocycles. The molecular formula is C8H10F6O2. The van der Waals surface area contributed by atoms with Gasteiger partial charge in [-0.3, -0.25) is 0 Å². The maximum absolute atomic E-state index is 12.1. The Balaban J connectivity index is 2.72. The smallest absolute Gasteiger partial charge is 0.390 e. The van der Waals surface area contributed by atoms with E-state index in [1.807, 2.05) is 0 Å². The summed E-state index contributed by atoms with van der Waals surface area (Å²) in [5, 5.41) is 9.11. The first-order valence-electron chi connectivity index (χ1n) is 4.59. The summed E-state index contributed by atoms with van der Waals surface area (Å²) in [4.78, 5) is 0. The molecule has 8 heteroatoms. The van der Waals surface area contributed by atoms with Crippen LogP contribution in [0.3, 0.4) is 0 Å². The average molecular weight is 252 g/mol. The number of hydrogen-bond donors (Lipinski definition) is 1. The summed E-state index contributed by atoms with van der Waals surface area (Å²) in [5.41, 5.74) is 0. The normalized spacial score (nSPS) is 27.8. The highest BCUT2D eigenvalue weighted by Gasteiger charge is 2.59. The molecule has 1 N–H and O–H groups in total. The Morgan fingerprint density at radius 3 is 1.81 bits per heavy atom. The highest BCUT2D eigenvalue weighted by atomic mass is 19.4. The highest BCUT2D eigenvalue weighted by Crippen LogP contribution is 2.38. The maximum atomic E-state index is 12.1. The molecule has 0 amide bonds. The standard InChI is InChI=1S/C8H10F6O2/c9-7(10,11)6(8(12,13)14)16-5-3-1-2-4(5)15/h4-6,15H,1-3H2. The second-order valence-electron chi connectivity index (χ2n) is 3.64. The first-order valence-corrected chi connectivity index (χ1v) is 4.59. The van der Waals surface area contributed by atoms with Crippen molar-refractivity contribution < 1.29 is 36.2 Å². The zero-order valence-electron chi connectivity index (χ0n) is 7.98. The van der Waals surface area contributed by atoms with Crippen LogP contribution in [0.1, 0.15) is 19.3 Å². The van der Waals surface area contributed by atoms with Crippen molar-refractivity contribution in [3.8, 4) is 0 Å². The van der Waals surface area contributed by atoms with Gasteiger partial charge in [-0.25, -0.2) is 0 Å². The lowest BCUT2D eigenvalue weighted by Gasteiger charge is -2.27. The molecule has 1 aliphatic carbocycles. The van der Waals surface area contributed by atoms with E-state index in [2.05, 4.69) is 4.74 Å². The Morgan fingerprint density at radius 1 is 1.00 bits per heavy atom. The third-order valence-electron chi connectivity index (χ3n) is 2.32. The number of rotatable bonds is 2. The van der Waals surface area contributed by atoms with Crippen molar-refractivity contribution >= 4 is 0 Å². The first kappa shape index (κ1) is 13.6. The fraction of sp³-hybridized carbons (Fsp3) is 1.00. The summed E-state index contributed by atoms with van der Waals surface area (Å²) in [5.74, 6) is 0.